The summed E-state index contributed by atoms with van der Waals surface area (Å²) in [7, 11) is -4.29. The third-order valence-corrected chi connectivity index (χ3v) is 5.81. The van der Waals surface area contributed by atoms with E-state index in [1.165, 1.54) is 0 Å². The third kappa shape index (κ3) is 4.74. The average molecular weight is 433 g/mol. The Balaban J connectivity index is 2.45. The van der Waals surface area contributed by atoms with Gasteiger partial charge < -0.3 is 0 Å². The summed E-state index contributed by atoms with van der Waals surface area (Å²) in [6.07, 6.45) is -8.91. The van der Waals surface area contributed by atoms with Crippen molar-refractivity contribution in [3.05, 3.63) is 34.6 Å². The fourth-order valence-corrected chi connectivity index (χ4v) is 3.52. The molecule has 0 spiro atoms. The fraction of sp³-hybridized carbons (Fsp3) is 0.308. The van der Waals surface area contributed by atoms with Gasteiger partial charge >= 0.3 is 12.4 Å². The second kappa shape index (κ2) is 7.07. The van der Waals surface area contributed by atoms with Crippen molar-refractivity contribution in [1.82, 2.24) is 9.97 Å². The van der Waals surface area contributed by atoms with Gasteiger partial charge in [-0.25, -0.2) is 18.4 Å². The minimum absolute atomic E-state index is 0.0641. The summed E-state index contributed by atoms with van der Waals surface area (Å²) in [4.78, 5) is 16.7. The Morgan fingerprint density at radius 1 is 1.11 bits per heavy atom. The Kier molecular flexibility index (Phi) is 5.52. The van der Waals surface area contributed by atoms with Gasteiger partial charge in [0.05, 0.1) is 22.4 Å². The molecular weight excluding hydrogens is 424 g/mol. The van der Waals surface area contributed by atoms with Gasteiger partial charge in [-0.05, 0) is 6.07 Å². The number of aromatic nitrogens is 2. The van der Waals surface area contributed by atoms with Crippen molar-refractivity contribution >= 4 is 32.2 Å². The molecule has 1 amide bonds. The average Bonchev–Trinajstić information content (AvgIpc) is 3.02. The molecule has 1 N–H and O–H groups in total. The highest BCUT2D eigenvalue weighted by Gasteiger charge is 2.35. The van der Waals surface area contributed by atoms with E-state index >= 15 is 0 Å². The predicted octanol–water partition coefficient (Wildman–Crippen LogP) is 3.62. The van der Waals surface area contributed by atoms with Crippen LogP contribution in [0, 0.1) is 0 Å². The van der Waals surface area contributed by atoms with Crippen LogP contribution in [0.2, 0.25) is 0 Å². The summed E-state index contributed by atoms with van der Waals surface area (Å²) in [5, 5.41) is 1.39. The summed E-state index contributed by atoms with van der Waals surface area (Å²) < 4.78 is 100. The summed E-state index contributed by atoms with van der Waals surface area (Å²) in [5.41, 5.74) is -2.27. The largest absolute Gasteiger partial charge is 0.427 e. The SMILES string of the molecule is CCS(=O)(=O)c1cc(C(F)(F)F)cnc1C(=O)Nc1ncc(C(F)(F)F)s1. The smallest absolute Gasteiger partial charge is 0.296 e. The van der Waals surface area contributed by atoms with Crippen LogP contribution in [0.1, 0.15) is 27.9 Å². The molecule has 0 aliphatic rings. The first-order chi connectivity index (χ1) is 12.3. The number of carbonyl (C=O) groups excluding carboxylic acids is 1. The summed E-state index contributed by atoms with van der Waals surface area (Å²) in [6, 6.07) is 0.254. The first-order valence-electron chi connectivity index (χ1n) is 6.90. The molecule has 2 heterocycles. The van der Waals surface area contributed by atoms with Crippen LogP contribution in [0.3, 0.4) is 0 Å². The molecule has 0 fully saturated rings. The highest BCUT2D eigenvalue weighted by atomic mass is 32.2. The molecule has 0 radical (unpaired) electrons. The number of rotatable bonds is 4. The minimum atomic E-state index is -4.91. The maximum absolute atomic E-state index is 12.8. The van der Waals surface area contributed by atoms with Crippen molar-refractivity contribution in [2.45, 2.75) is 24.2 Å². The predicted molar refractivity (Wildman–Crippen MR) is 82.0 cm³/mol. The number of thiazole rings is 1. The van der Waals surface area contributed by atoms with Gasteiger partial charge in [-0.2, -0.15) is 26.3 Å². The number of halogens is 6. The van der Waals surface area contributed by atoms with Crippen molar-refractivity contribution in [2.75, 3.05) is 11.1 Å². The Labute approximate surface area is 152 Å². The van der Waals surface area contributed by atoms with Gasteiger partial charge in [0, 0.05) is 6.20 Å². The molecule has 6 nitrogen and oxygen atoms in total. The van der Waals surface area contributed by atoms with Crippen molar-refractivity contribution in [3.63, 3.8) is 0 Å². The van der Waals surface area contributed by atoms with Crippen molar-refractivity contribution in [1.29, 1.82) is 0 Å². The number of alkyl halides is 6. The van der Waals surface area contributed by atoms with Gasteiger partial charge in [-0.15, -0.1) is 0 Å². The molecule has 27 heavy (non-hydrogen) atoms. The molecule has 2 aromatic heterocycles. The van der Waals surface area contributed by atoms with Crippen LogP contribution < -0.4 is 5.32 Å². The lowest BCUT2D eigenvalue weighted by molar-refractivity contribution is -0.138. The quantitative estimate of drug-likeness (QED) is 0.744. The molecule has 0 saturated heterocycles. The highest BCUT2D eigenvalue weighted by Crippen LogP contribution is 2.35. The lowest BCUT2D eigenvalue weighted by atomic mass is 10.2. The van der Waals surface area contributed by atoms with Gasteiger partial charge in [0.1, 0.15) is 10.6 Å². The zero-order valence-corrected chi connectivity index (χ0v) is 14.8. The molecule has 2 rings (SSSR count). The van der Waals surface area contributed by atoms with Crippen LogP contribution in [0.15, 0.2) is 23.4 Å². The lowest BCUT2D eigenvalue weighted by Crippen LogP contribution is -2.20. The molecule has 0 bridgehead atoms. The number of hydrogen-bond acceptors (Lipinski definition) is 6. The van der Waals surface area contributed by atoms with E-state index in [9.17, 15) is 39.6 Å². The van der Waals surface area contributed by atoms with E-state index in [1.807, 2.05) is 5.32 Å². The highest BCUT2D eigenvalue weighted by molar-refractivity contribution is 7.91. The van der Waals surface area contributed by atoms with E-state index in [-0.39, 0.29) is 23.6 Å². The zero-order valence-electron chi connectivity index (χ0n) is 13.1. The number of pyridine rings is 1. The Bertz CT molecular complexity index is 966. The van der Waals surface area contributed by atoms with Crippen molar-refractivity contribution in [3.8, 4) is 0 Å². The molecule has 0 aliphatic heterocycles. The Morgan fingerprint density at radius 2 is 1.74 bits per heavy atom. The number of hydrogen-bond donors (Lipinski definition) is 1. The number of sulfone groups is 1. The molecule has 0 aliphatic carbocycles. The van der Waals surface area contributed by atoms with Crippen LogP contribution in [0.4, 0.5) is 31.5 Å². The molecule has 14 heteroatoms. The Hall–Kier alpha value is -2.22. The second-order valence-electron chi connectivity index (χ2n) is 4.95. The van der Waals surface area contributed by atoms with Gasteiger partial charge in [-0.3, -0.25) is 10.1 Å². The fourth-order valence-electron chi connectivity index (χ4n) is 1.78. The normalized spacial score (nSPS) is 12.9. The lowest BCUT2D eigenvalue weighted by Gasteiger charge is -2.12. The van der Waals surface area contributed by atoms with Gasteiger partial charge in [0.25, 0.3) is 5.91 Å². The molecule has 148 valence electrons. The van der Waals surface area contributed by atoms with Crippen molar-refractivity contribution < 1.29 is 39.6 Å². The van der Waals surface area contributed by atoms with E-state index in [0.29, 0.717) is 6.20 Å². The Morgan fingerprint density at radius 3 is 2.22 bits per heavy atom. The monoisotopic (exact) mass is 433 g/mol. The second-order valence-corrected chi connectivity index (χ2v) is 8.23. The third-order valence-electron chi connectivity index (χ3n) is 3.12. The van der Waals surface area contributed by atoms with Crippen LogP contribution in [0.25, 0.3) is 0 Å². The minimum Gasteiger partial charge on any atom is -0.296 e. The maximum atomic E-state index is 12.8. The standard InChI is InChI=1S/C13H9F6N3O3S2/c1-2-27(24,25)7-3-6(12(14,15)16)4-20-9(7)10(23)22-11-21-5-8(26-11)13(17,18)19/h3-5H,2H2,1H3,(H,21,22,23). The number of anilines is 1. The van der Waals surface area contributed by atoms with Gasteiger partial charge in [0.15, 0.2) is 15.0 Å². The number of nitrogens with one attached hydrogen (secondary N) is 1. The first kappa shape index (κ1) is 21.1. The molecule has 2 aromatic rings. The van der Waals surface area contributed by atoms with E-state index in [0.717, 1.165) is 6.92 Å². The van der Waals surface area contributed by atoms with Gasteiger partial charge in [-0.1, -0.05) is 18.3 Å². The zero-order chi connectivity index (χ0) is 20.6. The topological polar surface area (TPSA) is 89.0 Å². The van der Waals surface area contributed by atoms with E-state index in [1.54, 1.807) is 0 Å². The van der Waals surface area contributed by atoms with Crippen LogP contribution in [0.5, 0.6) is 0 Å². The van der Waals surface area contributed by atoms with Gasteiger partial charge in [0.2, 0.25) is 0 Å². The summed E-state index contributed by atoms with van der Waals surface area (Å²) in [6.45, 7) is 1.15. The first-order valence-corrected chi connectivity index (χ1v) is 9.37. The van der Waals surface area contributed by atoms with E-state index < -0.39 is 60.0 Å². The van der Waals surface area contributed by atoms with Crippen LogP contribution in [-0.4, -0.2) is 30.0 Å². The van der Waals surface area contributed by atoms with E-state index in [4.69, 9.17) is 0 Å². The van der Waals surface area contributed by atoms with Crippen molar-refractivity contribution in [2.24, 2.45) is 0 Å². The molecule has 0 aromatic carbocycles. The molecular formula is C13H9F6N3O3S2. The maximum Gasteiger partial charge on any atom is 0.427 e. The summed E-state index contributed by atoms with van der Waals surface area (Å²) in [5.74, 6) is -1.93. The van der Waals surface area contributed by atoms with Crippen LogP contribution >= 0.6 is 11.3 Å². The molecule has 0 atom stereocenters. The molecule has 0 unspecified atom stereocenters. The molecule has 0 saturated carbocycles. The number of nitrogens with zero attached hydrogens (tertiary/aromatic N) is 2. The number of amides is 1. The van der Waals surface area contributed by atoms with Crippen LogP contribution in [-0.2, 0) is 22.2 Å². The van der Waals surface area contributed by atoms with E-state index in [2.05, 4.69) is 9.97 Å². The summed E-state index contributed by atoms with van der Waals surface area (Å²) >= 11 is 0.0641. The number of carbonyl (C=O) groups is 1.